The number of hydrogen-bond acceptors (Lipinski definition) is 5. The highest BCUT2D eigenvalue weighted by Crippen LogP contribution is 2.32. The quantitative estimate of drug-likeness (QED) is 0.650. The minimum atomic E-state index is 0.0658. The molecule has 2 rings (SSSR count). The van der Waals surface area contributed by atoms with Gasteiger partial charge in [0, 0.05) is 18.9 Å². The summed E-state index contributed by atoms with van der Waals surface area (Å²) in [6.07, 6.45) is 3.44. The third-order valence-electron chi connectivity index (χ3n) is 2.08. The van der Waals surface area contributed by atoms with E-state index in [1.807, 2.05) is 19.1 Å². The van der Waals surface area contributed by atoms with Crippen molar-refractivity contribution < 1.29 is 4.42 Å². The molecule has 0 fully saturated rings. The van der Waals surface area contributed by atoms with E-state index in [1.54, 1.807) is 18.5 Å². The first-order valence-electron chi connectivity index (χ1n) is 4.99. The normalized spacial score (nSPS) is 12.6. The maximum atomic E-state index is 5.73. The maximum absolute atomic E-state index is 5.73. The Balaban J connectivity index is 2.12. The molecule has 2 N–H and O–H groups in total. The molecule has 0 amide bonds. The predicted octanol–water partition coefficient (Wildman–Crippen LogP) is 2.17. The van der Waals surface area contributed by atoms with Gasteiger partial charge < -0.3 is 10.2 Å². The van der Waals surface area contributed by atoms with E-state index in [-0.39, 0.29) is 5.25 Å². The van der Waals surface area contributed by atoms with Gasteiger partial charge in [-0.1, -0.05) is 11.8 Å². The van der Waals surface area contributed by atoms with E-state index in [4.69, 9.17) is 10.2 Å². The van der Waals surface area contributed by atoms with Gasteiger partial charge in [0.1, 0.15) is 11.5 Å². The van der Waals surface area contributed by atoms with Gasteiger partial charge in [-0.2, -0.15) is 0 Å². The molecule has 0 aromatic carbocycles. The number of nitrogens with two attached hydrogens (primary N) is 1. The summed E-state index contributed by atoms with van der Waals surface area (Å²) in [5, 5.41) is 0.781. The highest BCUT2D eigenvalue weighted by Gasteiger charge is 2.16. The third kappa shape index (κ3) is 2.62. The lowest BCUT2D eigenvalue weighted by Crippen LogP contribution is -2.09. The van der Waals surface area contributed by atoms with Crippen LogP contribution in [-0.2, 0) is 0 Å². The molecule has 0 bridgehead atoms. The molecule has 0 saturated carbocycles. The lowest BCUT2D eigenvalue weighted by atomic mass is 10.3. The Morgan fingerprint density at radius 1 is 1.38 bits per heavy atom. The fraction of sp³-hybridized carbons (Fsp3) is 0.273. The van der Waals surface area contributed by atoms with Crippen LogP contribution in [0.4, 0.5) is 0 Å². The van der Waals surface area contributed by atoms with Crippen molar-refractivity contribution in [3.8, 4) is 0 Å². The molecule has 1 unspecified atom stereocenters. The Labute approximate surface area is 98.3 Å². The predicted molar refractivity (Wildman–Crippen MR) is 63.1 cm³/mol. The summed E-state index contributed by atoms with van der Waals surface area (Å²) in [7, 11) is 0. The first kappa shape index (κ1) is 11.2. The number of aromatic nitrogens is 2. The Morgan fingerprint density at radius 3 is 2.69 bits per heavy atom. The van der Waals surface area contributed by atoms with E-state index in [0.29, 0.717) is 11.7 Å². The van der Waals surface area contributed by atoms with E-state index in [1.165, 1.54) is 11.8 Å². The van der Waals surface area contributed by atoms with Gasteiger partial charge in [0.15, 0.2) is 5.16 Å². The molecule has 5 heteroatoms. The molecule has 0 aliphatic rings. The molecule has 84 valence electrons. The van der Waals surface area contributed by atoms with Crippen molar-refractivity contribution in [2.24, 2.45) is 5.73 Å². The van der Waals surface area contributed by atoms with Crippen LogP contribution in [0.2, 0.25) is 0 Å². The molecule has 0 radical (unpaired) electrons. The standard InChI is InChI=1S/C11H13N3OS/c1-8-3-4-9(15-8)10(7-12)16-11-13-5-2-6-14-11/h2-6,10H,7,12H2,1H3. The Morgan fingerprint density at radius 2 is 2.12 bits per heavy atom. The number of hydrogen-bond donors (Lipinski definition) is 1. The van der Waals surface area contributed by atoms with Crippen LogP contribution in [-0.4, -0.2) is 16.5 Å². The number of nitrogens with zero attached hydrogens (tertiary/aromatic N) is 2. The first-order valence-corrected chi connectivity index (χ1v) is 5.87. The number of thioether (sulfide) groups is 1. The van der Waals surface area contributed by atoms with E-state index in [9.17, 15) is 0 Å². The van der Waals surface area contributed by atoms with E-state index >= 15 is 0 Å². The summed E-state index contributed by atoms with van der Waals surface area (Å²) in [6.45, 7) is 2.41. The SMILES string of the molecule is Cc1ccc(C(CN)Sc2ncccn2)o1. The van der Waals surface area contributed by atoms with Gasteiger partial charge in [-0.15, -0.1) is 0 Å². The molecule has 4 nitrogen and oxygen atoms in total. The highest BCUT2D eigenvalue weighted by atomic mass is 32.2. The zero-order chi connectivity index (χ0) is 11.4. The van der Waals surface area contributed by atoms with Crippen LogP contribution in [0.15, 0.2) is 40.2 Å². The first-order chi connectivity index (χ1) is 7.79. The van der Waals surface area contributed by atoms with Gasteiger partial charge in [0.25, 0.3) is 0 Å². The van der Waals surface area contributed by atoms with Crippen LogP contribution in [0.3, 0.4) is 0 Å². The highest BCUT2D eigenvalue weighted by molar-refractivity contribution is 7.99. The maximum Gasteiger partial charge on any atom is 0.188 e. The van der Waals surface area contributed by atoms with Crippen LogP contribution in [0.1, 0.15) is 16.8 Å². The molecule has 2 aromatic rings. The lowest BCUT2D eigenvalue weighted by Gasteiger charge is -2.09. The van der Waals surface area contributed by atoms with Gasteiger partial charge >= 0.3 is 0 Å². The zero-order valence-corrected chi connectivity index (χ0v) is 9.78. The lowest BCUT2D eigenvalue weighted by molar-refractivity contribution is 0.481. The fourth-order valence-electron chi connectivity index (χ4n) is 1.32. The van der Waals surface area contributed by atoms with Crippen molar-refractivity contribution >= 4 is 11.8 Å². The summed E-state index contributed by atoms with van der Waals surface area (Å²) in [5.41, 5.74) is 5.73. The zero-order valence-electron chi connectivity index (χ0n) is 8.96. The Bertz CT molecular complexity index is 444. The summed E-state index contributed by atoms with van der Waals surface area (Å²) in [5.74, 6) is 1.76. The summed E-state index contributed by atoms with van der Waals surface area (Å²) in [4.78, 5) is 8.31. The van der Waals surface area contributed by atoms with Crippen LogP contribution in [0.25, 0.3) is 0 Å². The number of aryl methyl sites for hydroxylation is 1. The average Bonchev–Trinajstić information content (AvgIpc) is 2.74. The van der Waals surface area contributed by atoms with Crippen LogP contribution in [0.5, 0.6) is 0 Å². The second kappa shape index (κ2) is 5.14. The molecule has 0 spiro atoms. The van der Waals surface area contributed by atoms with Crippen LogP contribution >= 0.6 is 11.8 Å². The second-order valence-electron chi connectivity index (χ2n) is 3.32. The minimum absolute atomic E-state index is 0.0658. The average molecular weight is 235 g/mol. The summed E-state index contributed by atoms with van der Waals surface area (Å²) < 4.78 is 5.55. The summed E-state index contributed by atoms with van der Waals surface area (Å²) in [6, 6.07) is 5.67. The number of furan rings is 1. The van der Waals surface area contributed by atoms with Crippen molar-refractivity contribution in [1.82, 2.24) is 9.97 Å². The van der Waals surface area contributed by atoms with Gasteiger partial charge in [-0.25, -0.2) is 9.97 Å². The van der Waals surface area contributed by atoms with Crippen molar-refractivity contribution in [2.75, 3.05) is 6.54 Å². The van der Waals surface area contributed by atoms with Crippen molar-refractivity contribution in [1.29, 1.82) is 0 Å². The molecular formula is C11H13N3OS. The molecule has 16 heavy (non-hydrogen) atoms. The molecular weight excluding hydrogens is 222 g/mol. The van der Waals surface area contributed by atoms with Crippen molar-refractivity contribution in [3.05, 3.63) is 42.1 Å². The molecule has 2 heterocycles. The van der Waals surface area contributed by atoms with Crippen LogP contribution < -0.4 is 5.73 Å². The Kier molecular flexibility index (Phi) is 3.58. The molecule has 0 aliphatic heterocycles. The van der Waals surface area contributed by atoms with Gasteiger partial charge in [0.2, 0.25) is 0 Å². The van der Waals surface area contributed by atoms with Crippen LogP contribution in [0, 0.1) is 6.92 Å². The topological polar surface area (TPSA) is 64.9 Å². The summed E-state index contributed by atoms with van der Waals surface area (Å²) >= 11 is 1.51. The largest absolute Gasteiger partial charge is 0.465 e. The number of rotatable bonds is 4. The monoisotopic (exact) mass is 235 g/mol. The van der Waals surface area contributed by atoms with Crippen molar-refractivity contribution in [2.45, 2.75) is 17.3 Å². The molecule has 2 aromatic heterocycles. The van der Waals surface area contributed by atoms with Gasteiger partial charge in [0.05, 0.1) is 5.25 Å². The molecule has 0 saturated heterocycles. The van der Waals surface area contributed by atoms with E-state index in [2.05, 4.69) is 9.97 Å². The molecule has 1 atom stereocenters. The fourth-order valence-corrected chi connectivity index (χ4v) is 2.16. The Hall–Kier alpha value is -1.33. The van der Waals surface area contributed by atoms with E-state index in [0.717, 1.165) is 11.5 Å². The smallest absolute Gasteiger partial charge is 0.188 e. The third-order valence-corrected chi connectivity index (χ3v) is 3.21. The van der Waals surface area contributed by atoms with Crippen molar-refractivity contribution in [3.63, 3.8) is 0 Å². The van der Waals surface area contributed by atoms with E-state index < -0.39 is 0 Å². The molecule has 0 aliphatic carbocycles. The van der Waals surface area contributed by atoms with Gasteiger partial charge in [-0.05, 0) is 25.1 Å². The van der Waals surface area contributed by atoms with Gasteiger partial charge in [-0.3, -0.25) is 0 Å². The minimum Gasteiger partial charge on any atom is -0.465 e. The second-order valence-corrected chi connectivity index (χ2v) is 4.49.